The van der Waals surface area contributed by atoms with Crippen molar-refractivity contribution in [2.75, 3.05) is 31.6 Å². The predicted octanol–water partition coefficient (Wildman–Crippen LogP) is 2.49. The number of thiazole rings is 1. The fraction of sp³-hybridized carbons (Fsp3) is 0.471. The van der Waals surface area contributed by atoms with Crippen molar-refractivity contribution in [3.05, 3.63) is 39.4 Å². The maximum Gasteiger partial charge on any atom is 0.191 e. The van der Waals surface area contributed by atoms with Gasteiger partial charge < -0.3 is 15.5 Å². The molecule has 8 heteroatoms. The minimum Gasteiger partial charge on any atom is -0.356 e. The number of rotatable bonds is 5. The van der Waals surface area contributed by atoms with Gasteiger partial charge in [0.25, 0.3) is 0 Å². The van der Waals surface area contributed by atoms with Crippen LogP contribution in [0.3, 0.4) is 0 Å². The summed E-state index contributed by atoms with van der Waals surface area (Å²) >= 11 is 7.94. The van der Waals surface area contributed by atoms with E-state index in [2.05, 4.69) is 35.9 Å². The van der Waals surface area contributed by atoms with E-state index in [1.165, 1.54) is 0 Å². The fourth-order valence-electron chi connectivity index (χ4n) is 2.90. The molecule has 0 spiro atoms. The van der Waals surface area contributed by atoms with Gasteiger partial charge in [-0.25, -0.2) is 9.97 Å². The number of aliphatic imine (C=N–C) groups is 1. The quantitative estimate of drug-likeness (QED) is 0.618. The molecule has 25 heavy (non-hydrogen) atoms. The molecular formula is C17H23ClN6S. The normalized spacial score (nSPS) is 17.8. The lowest BCUT2D eigenvalue weighted by molar-refractivity contribution is 0.647. The van der Waals surface area contributed by atoms with E-state index < -0.39 is 0 Å². The Morgan fingerprint density at radius 3 is 3.12 bits per heavy atom. The number of aryl methyl sites for hydroxylation is 1. The standard InChI is InChI=1S/C17H23ClN6S/c1-12-22-14(11-25-12)5-8-21-17(19-2)23-13-6-9-24(10-13)16-15(18)4-3-7-20-16/h3-4,7,11,13H,5-6,8-10H2,1-2H3,(H2,19,21,23). The van der Waals surface area contributed by atoms with Crippen molar-refractivity contribution in [2.24, 2.45) is 4.99 Å². The summed E-state index contributed by atoms with van der Waals surface area (Å²) in [4.78, 5) is 15.4. The highest BCUT2D eigenvalue weighted by Crippen LogP contribution is 2.25. The topological polar surface area (TPSA) is 65.4 Å². The molecule has 1 aliphatic rings. The zero-order chi connectivity index (χ0) is 17.6. The highest BCUT2D eigenvalue weighted by atomic mass is 35.5. The second kappa shape index (κ2) is 8.49. The van der Waals surface area contributed by atoms with Gasteiger partial charge in [-0.05, 0) is 25.5 Å². The number of pyridine rings is 1. The molecule has 1 unspecified atom stereocenters. The summed E-state index contributed by atoms with van der Waals surface area (Å²) in [6, 6.07) is 4.06. The second-order valence-corrected chi connectivity index (χ2v) is 7.46. The highest BCUT2D eigenvalue weighted by molar-refractivity contribution is 7.09. The number of anilines is 1. The highest BCUT2D eigenvalue weighted by Gasteiger charge is 2.25. The molecule has 1 fully saturated rings. The molecular weight excluding hydrogens is 356 g/mol. The van der Waals surface area contributed by atoms with Gasteiger partial charge in [-0.1, -0.05) is 11.6 Å². The minimum absolute atomic E-state index is 0.325. The molecule has 0 radical (unpaired) electrons. The summed E-state index contributed by atoms with van der Waals surface area (Å²) in [5.74, 6) is 1.68. The molecule has 1 aliphatic heterocycles. The Morgan fingerprint density at radius 1 is 1.52 bits per heavy atom. The van der Waals surface area contributed by atoms with Crippen LogP contribution in [-0.2, 0) is 6.42 Å². The molecule has 2 aromatic heterocycles. The van der Waals surface area contributed by atoms with E-state index in [-0.39, 0.29) is 0 Å². The average molecular weight is 379 g/mol. The molecule has 1 atom stereocenters. The monoisotopic (exact) mass is 378 g/mol. The smallest absolute Gasteiger partial charge is 0.191 e. The largest absolute Gasteiger partial charge is 0.356 e. The van der Waals surface area contributed by atoms with Crippen LogP contribution in [0.4, 0.5) is 5.82 Å². The van der Waals surface area contributed by atoms with Gasteiger partial charge in [0.1, 0.15) is 5.82 Å². The van der Waals surface area contributed by atoms with Crippen molar-refractivity contribution in [1.82, 2.24) is 20.6 Å². The maximum absolute atomic E-state index is 6.25. The summed E-state index contributed by atoms with van der Waals surface area (Å²) < 4.78 is 0. The van der Waals surface area contributed by atoms with Crippen molar-refractivity contribution >= 4 is 34.7 Å². The summed E-state index contributed by atoms with van der Waals surface area (Å²) in [6.07, 6.45) is 3.70. The number of nitrogens with one attached hydrogen (secondary N) is 2. The van der Waals surface area contributed by atoms with Crippen LogP contribution in [-0.4, -0.2) is 48.7 Å². The fourth-order valence-corrected chi connectivity index (χ4v) is 3.79. The molecule has 6 nitrogen and oxygen atoms in total. The van der Waals surface area contributed by atoms with E-state index in [0.717, 1.165) is 55.0 Å². The summed E-state index contributed by atoms with van der Waals surface area (Å²) in [7, 11) is 1.80. The Balaban J connectivity index is 1.47. The molecule has 134 valence electrons. The van der Waals surface area contributed by atoms with Gasteiger partial charge >= 0.3 is 0 Å². The van der Waals surface area contributed by atoms with Gasteiger partial charge in [0.2, 0.25) is 0 Å². The van der Waals surface area contributed by atoms with Crippen LogP contribution in [0.25, 0.3) is 0 Å². The van der Waals surface area contributed by atoms with Crippen LogP contribution in [0.5, 0.6) is 0 Å². The lowest BCUT2D eigenvalue weighted by atomic mass is 10.3. The van der Waals surface area contributed by atoms with Gasteiger partial charge in [0, 0.05) is 50.7 Å². The van der Waals surface area contributed by atoms with Crippen LogP contribution in [0.2, 0.25) is 5.02 Å². The van der Waals surface area contributed by atoms with Crippen molar-refractivity contribution in [2.45, 2.75) is 25.8 Å². The molecule has 0 amide bonds. The van der Waals surface area contributed by atoms with Gasteiger partial charge in [-0.15, -0.1) is 11.3 Å². The molecule has 2 N–H and O–H groups in total. The second-order valence-electron chi connectivity index (χ2n) is 5.99. The van der Waals surface area contributed by atoms with Crippen molar-refractivity contribution < 1.29 is 0 Å². The zero-order valence-electron chi connectivity index (χ0n) is 14.5. The van der Waals surface area contributed by atoms with Crippen LogP contribution >= 0.6 is 22.9 Å². The third-order valence-electron chi connectivity index (χ3n) is 4.13. The van der Waals surface area contributed by atoms with E-state index in [9.17, 15) is 0 Å². The molecule has 3 rings (SSSR count). The van der Waals surface area contributed by atoms with Gasteiger partial charge in [-0.3, -0.25) is 4.99 Å². The number of aromatic nitrogens is 2. The number of hydrogen-bond acceptors (Lipinski definition) is 5. The van der Waals surface area contributed by atoms with Crippen LogP contribution in [0.15, 0.2) is 28.7 Å². The average Bonchev–Trinajstić information content (AvgIpc) is 3.23. The Hall–Kier alpha value is -1.86. The van der Waals surface area contributed by atoms with Gasteiger partial charge in [0.15, 0.2) is 5.96 Å². The number of halogens is 1. The number of hydrogen-bond donors (Lipinski definition) is 2. The Kier molecular flexibility index (Phi) is 6.09. The van der Waals surface area contributed by atoms with E-state index in [4.69, 9.17) is 11.6 Å². The van der Waals surface area contributed by atoms with Crippen LogP contribution in [0.1, 0.15) is 17.1 Å². The molecule has 0 aliphatic carbocycles. The predicted molar refractivity (Wildman–Crippen MR) is 105 cm³/mol. The van der Waals surface area contributed by atoms with E-state index >= 15 is 0 Å². The summed E-state index contributed by atoms with van der Waals surface area (Å²) in [6.45, 7) is 4.64. The lowest BCUT2D eigenvalue weighted by Crippen LogP contribution is -2.45. The third kappa shape index (κ3) is 4.83. The minimum atomic E-state index is 0.325. The maximum atomic E-state index is 6.25. The zero-order valence-corrected chi connectivity index (χ0v) is 16.1. The lowest BCUT2D eigenvalue weighted by Gasteiger charge is -2.20. The molecule has 3 heterocycles. The summed E-state index contributed by atoms with van der Waals surface area (Å²) in [5.41, 5.74) is 1.13. The molecule has 0 saturated carbocycles. The molecule has 1 saturated heterocycles. The van der Waals surface area contributed by atoms with E-state index in [1.807, 2.05) is 19.1 Å². The molecule has 2 aromatic rings. The number of guanidine groups is 1. The van der Waals surface area contributed by atoms with Crippen molar-refractivity contribution in [3.8, 4) is 0 Å². The van der Waals surface area contributed by atoms with Gasteiger partial charge in [-0.2, -0.15) is 0 Å². The molecule has 0 aromatic carbocycles. The van der Waals surface area contributed by atoms with Crippen LogP contribution in [0, 0.1) is 6.92 Å². The first-order chi connectivity index (χ1) is 12.2. The van der Waals surface area contributed by atoms with Crippen molar-refractivity contribution in [3.63, 3.8) is 0 Å². The summed E-state index contributed by atoms with van der Waals surface area (Å²) in [5, 5.41) is 10.8. The SMILES string of the molecule is CN=C(NCCc1csc(C)n1)NC1CCN(c2ncccc2Cl)C1. The first kappa shape index (κ1) is 17.9. The van der Waals surface area contributed by atoms with E-state index in [1.54, 1.807) is 24.6 Å². The Labute approximate surface area is 157 Å². The number of nitrogens with zero attached hydrogens (tertiary/aromatic N) is 4. The molecule has 0 bridgehead atoms. The first-order valence-electron chi connectivity index (χ1n) is 8.39. The Bertz CT molecular complexity index is 731. The van der Waals surface area contributed by atoms with E-state index in [0.29, 0.717) is 11.1 Å². The van der Waals surface area contributed by atoms with Crippen molar-refractivity contribution in [1.29, 1.82) is 0 Å². The van der Waals surface area contributed by atoms with Crippen LogP contribution < -0.4 is 15.5 Å². The first-order valence-corrected chi connectivity index (χ1v) is 9.65. The third-order valence-corrected chi connectivity index (χ3v) is 5.25. The van der Waals surface area contributed by atoms with Gasteiger partial charge in [0.05, 0.1) is 15.7 Å². The Morgan fingerprint density at radius 2 is 2.40 bits per heavy atom.